The van der Waals surface area contributed by atoms with Gasteiger partial charge in [-0.3, -0.25) is 14.5 Å². The summed E-state index contributed by atoms with van der Waals surface area (Å²) in [5.74, 6) is 0.914. The second kappa shape index (κ2) is 11.7. The van der Waals surface area contributed by atoms with Crippen LogP contribution in [0.4, 0.5) is 0 Å². The SMILES string of the molecule is COc1ccc([C@H](CNC(=O)CNC(=O)c2cc3c(s2)CCCC3)N2CCOCC2)cc1OC. The summed E-state index contributed by atoms with van der Waals surface area (Å²) in [6, 6.07) is 7.76. The van der Waals surface area contributed by atoms with Gasteiger partial charge in [0.2, 0.25) is 5.91 Å². The number of nitrogens with one attached hydrogen (secondary N) is 2. The van der Waals surface area contributed by atoms with Crippen molar-refractivity contribution in [3.63, 3.8) is 0 Å². The van der Waals surface area contributed by atoms with Crippen LogP contribution in [0.25, 0.3) is 0 Å². The molecule has 2 aliphatic rings. The Hall–Kier alpha value is -2.62. The Bertz CT molecular complexity index is 979. The smallest absolute Gasteiger partial charge is 0.261 e. The third kappa shape index (κ3) is 5.89. The topological polar surface area (TPSA) is 89.1 Å². The van der Waals surface area contributed by atoms with Crippen LogP contribution in [0.5, 0.6) is 11.5 Å². The minimum Gasteiger partial charge on any atom is -0.493 e. The molecule has 0 radical (unpaired) electrons. The van der Waals surface area contributed by atoms with Crippen molar-refractivity contribution in [1.29, 1.82) is 0 Å². The molecule has 0 bridgehead atoms. The number of carbonyl (C=O) groups excluding carboxylic acids is 2. The normalized spacial score (nSPS) is 16.9. The molecule has 8 nitrogen and oxygen atoms in total. The summed E-state index contributed by atoms with van der Waals surface area (Å²) in [5, 5.41) is 5.77. The predicted octanol–water partition coefficient (Wildman–Crippen LogP) is 2.56. The van der Waals surface area contributed by atoms with Crippen LogP contribution in [0.2, 0.25) is 0 Å². The molecule has 1 saturated heterocycles. The third-order valence-corrected chi connectivity index (χ3v) is 7.64. The molecule has 0 spiro atoms. The van der Waals surface area contributed by atoms with Crippen molar-refractivity contribution in [3.8, 4) is 11.5 Å². The summed E-state index contributed by atoms with van der Waals surface area (Å²) in [4.78, 5) is 29.5. The molecule has 2 amide bonds. The first-order valence-corrected chi connectivity index (χ1v) is 12.6. The minimum atomic E-state index is -0.214. The lowest BCUT2D eigenvalue weighted by Gasteiger charge is -2.35. The maximum absolute atomic E-state index is 12.6. The zero-order valence-electron chi connectivity index (χ0n) is 19.9. The lowest BCUT2D eigenvalue weighted by Crippen LogP contribution is -2.45. The van der Waals surface area contributed by atoms with E-state index >= 15 is 0 Å². The number of fused-ring (bicyclic) bond motifs is 1. The van der Waals surface area contributed by atoms with Crippen molar-refractivity contribution < 1.29 is 23.8 Å². The third-order valence-electron chi connectivity index (χ3n) is 6.40. The molecule has 1 atom stereocenters. The van der Waals surface area contributed by atoms with E-state index in [1.165, 1.54) is 23.3 Å². The van der Waals surface area contributed by atoms with Crippen LogP contribution in [0.15, 0.2) is 24.3 Å². The summed E-state index contributed by atoms with van der Waals surface area (Å²) in [7, 11) is 3.22. The van der Waals surface area contributed by atoms with E-state index in [-0.39, 0.29) is 24.4 Å². The van der Waals surface area contributed by atoms with E-state index in [1.54, 1.807) is 25.6 Å². The van der Waals surface area contributed by atoms with Crippen molar-refractivity contribution in [2.45, 2.75) is 31.7 Å². The van der Waals surface area contributed by atoms with E-state index in [1.807, 2.05) is 24.3 Å². The number of benzene rings is 1. The first-order valence-electron chi connectivity index (χ1n) is 11.8. The number of aryl methyl sites for hydroxylation is 2. The highest BCUT2D eigenvalue weighted by molar-refractivity contribution is 7.14. The number of carbonyl (C=O) groups is 2. The quantitative estimate of drug-likeness (QED) is 0.565. The van der Waals surface area contributed by atoms with Crippen molar-refractivity contribution >= 4 is 23.2 Å². The molecule has 0 unspecified atom stereocenters. The zero-order chi connectivity index (χ0) is 23.9. The number of morpholine rings is 1. The second-order valence-corrected chi connectivity index (χ2v) is 9.67. The Morgan fingerprint density at radius 3 is 2.56 bits per heavy atom. The van der Waals surface area contributed by atoms with Crippen LogP contribution in [-0.2, 0) is 22.4 Å². The first kappa shape index (κ1) is 24.5. The Morgan fingerprint density at radius 1 is 1.06 bits per heavy atom. The van der Waals surface area contributed by atoms with E-state index < -0.39 is 0 Å². The Balaban J connectivity index is 1.36. The number of ether oxygens (including phenoxy) is 3. The van der Waals surface area contributed by atoms with Crippen molar-refractivity contribution in [2.75, 3.05) is 53.6 Å². The van der Waals surface area contributed by atoms with Crippen LogP contribution in [-0.4, -0.2) is 70.3 Å². The van der Waals surface area contributed by atoms with Gasteiger partial charge in [0.1, 0.15) is 0 Å². The maximum Gasteiger partial charge on any atom is 0.261 e. The van der Waals surface area contributed by atoms with Crippen molar-refractivity contribution in [3.05, 3.63) is 45.1 Å². The van der Waals surface area contributed by atoms with Gasteiger partial charge < -0.3 is 24.8 Å². The molecular weight excluding hydrogens is 454 g/mol. The molecule has 1 fully saturated rings. The Labute approximate surface area is 204 Å². The van der Waals surface area contributed by atoms with Gasteiger partial charge in [0.05, 0.1) is 44.9 Å². The van der Waals surface area contributed by atoms with Gasteiger partial charge in [-0.15, -0.1) is 11.3 Å². The minimum absolute atomic E-state index is 0.0487. The van der Waals surface area contributed by atoms with Gasteiger partial charge in [0, 0.05) is 24.5 Å². The number of nitrogens with zero attached hydrogens (tertiary/aromatic N) is 1. The summed E-state index contributed by atoms with van der Waals surface area (Å²) in [6.07, 6.45) is 4.45. The van der Waals surface area contributed by atoms with Gasteiger partial charge >= 0.3 is 0 Å². The molecule has 0 saturated carbocycles. The van der Waals surface area contributed by atoms with Gasteiger partial charge in [0.15, 0.2) is 11.5 Å². The molecule has 2 aromatic rings. The van der Waals surface area contributed by atoms with Crippen LogP contribution >= 0.6 is 11.3 Å². The van der Waals surface area contributed by atoms with Crippen LogP contribution in [0.3, 0.4) is 0 Å². The van der Waals surface area contributed by atoms with E-state index in [0.717, 1.165) is 31.5 Å². The molecule has 9 heteroatoms. The van der Waals surface area contributed by atoms with Gasteiger partial charge in [-0.05, 0) is 55.0 Å². The fraction of sp³-hybridized carbons (Fsp3) is 0.520. The fourth-order valence-corrected chi connectivity index (χ4v) is 5.70. The first-order chi connectivity index (χ1) is 16.6. The van der Waals surface area contributed by atoms with E-state index in [9.17, 15) is 9.59 Å². The lowest BCUT2D eigenvalue weighted by molar-refractivity contribution is -0.120. The maximum atomic E-state index is 12.6. The second-order valence-electron chi connectivity index (χ2n) is 8.53. The molecular formula is C25H33N3O5S. The van der Waals surface area contributed by atoms with Crippen LogP contribution in [0, 0.1) is 0 Å². The zero-order valence-corrected chi connectivity index (χ0v) is 20.7. The number of amides is 2. The van der Waals surface area contributed by atoms with Gasteiger partial charge in [-0.25, -0.2) is 0 Å². The Morgan fingerprint density at radius 2 is 1.82 bits per heavy atom. The van der Waals surface area contributed by atoms with Crippen LogP contribution in [0.1, 0.15) is 44.6 Å². The summed E-state index contributed by atoms with van der Waals surface area (Å²) < 4.78 is 16.3. The molecule has 1 aromatic heterocycles. The average Bonchev–Trinajstić information content (AvgIpc) is 3.32. The standard InChI is InChI=1S/C25H33N3O5S/c1-31-20-8-7-17(13-21(20)32-2)19(28-9-11-33-12-10-28)15-26-24(29)16-27-25(30)23-14-18-5-3-4-6-22(18)34-23/h7-8,13-14,19H,3-6,9-12,15-16H2,1-2H3,(H,26,29)(H,27,30)/t19-/m0/s1. The predicted molar refractivity (Wildman–Crippen MR) is 131 cm³/mol. The summed E-state index contributed by atoms with van der Waals surface area (Å²) in [5.41, 5.74) is 2.31. The molecule has 2 N–H and O–H groups in total. The number of hydrogen-bond donors (Lipinski definition) is 2. The largest absolute Gasteiger partial charge is 0.493 e. The molecule has 1 aromatic carbocycles. The monoisotopic (exact) mass is 487 g/mol. The number of thiophene rings is 1. The number of rotatable bonds is 9. The highest BCUT2D eigenvalue weighted by Crippen LogP contribution is 2.32. The number of hydrogen-bond acceptors (Lipinski definition) is 7. The van der Waals surface area contributed by atoms with Gasteiger partial charge in [-0.1, -0.05) is 6.07 Å². The lowest BCUT2D eigenvalue weighted by atomic mass is 9.99. The molecule has 1 aliphatic carbocycles. The summed E-state index contributed by atoms with van der Waals surface area (Å²) in [6.45, 7) is 3.21. The van der Waals surface area contributed by atoms with E-state index in [4.69, 9.17) is 14.2 Å². The molecule has 184 valence electrons. The molecule has 1 aliphatic heterocycles. The Kier molecular flexibility index (Phi) is 8.42. The van der Waals surface area contributed by atoms with Gasteiger partial charge in [-0.2, -0.15) is 0 Å². The molecule has 34 heavy (non-hydrogen) atoms. The number of methoxy groups -OCH3 is 2. The molecule has 2 heterocycles. The van der Waals surface area contributed by atoms with E-state index in [0.29, 0.717) is 36.1 Å². The van der Waals surface area contributed by atoms with Crippen molar-refractivity contribution in [2.24, 2.45) is 0 Å². The van der Waals surface area contributed by atoms with Crippen LogP contribution < -0.4 is 20.1 Å². The highest BCUT2D eigenvalue weighted by atomic mass is 32.1. The van der Waals surface area contributed by atoms with E-state index in [2.05, 4.69) is 15.5 Å². The summed E-state index contributed by atoms with van der Waals surface area (Å²) >= 11 is 1.55. The van der Waals surface area contributed by atoms with Crippen molar-refractivity contribution in [1.82, 2.24) is 15.5 Å². The molecule has 4 rings (SSSR count). The van der Waals surface area contributed by atoms with Gasteiger partial charge in [0.25, 0.3) is 5.91 Å². The fourth-order valence-electron chi connectivity index (χ4n) is 4.53. The average molecular weight is 488 g/mol. The highest BCUT2D eigenvalue weighted by Gasteiger charge is 2.25.